The van der Waals surface area contributed by atoms with Gasteiger partial charge in [-0.1, -0.05) is 15.9 Å². The highest BCUT2D eigenvalue weighted by Crippen LogP contribution is 2.20. The molecule has 1 amide bonds. The third kappa shape index (κ3) is 4.78. The molecule has 0 aromatic heterocycles. The normalized spacial score (nSPS) is 21.0. The first-order valence-electron chi connectivity index (χ1n) is 7.11. The summed E-state index contributed by atoms with van der Waals surface area (Å²) in [6.07, 6.45) is 0.000895. The van der Waals surface area contributed by atoms with Crippen LogP contribution in [0.25, 0.3) is 0 Å². The third-order valence-corrected chi connectivity index (χ3v) is 4.09. The standard InChI is InChI=1S/C15H22BrN3O2/c1-10-7-12(16)3-4-13(10)18-15(20)9-19-5-6-21-14(8-19)11(2)17/h3-4,7,11,14H,5-6,8-9,17H2,1-2H3,(H,18,20). The summed E-state index contributed by atoms with van der Waals surface area (Å²) in [5.41, 5.74) is 7.74. The molecule has 1 aromatic rings. The number of anilines is 1. The van der Waals surface area contributed by atoms with E-state index < -0.39 is 0 Å². The van der Waals surface area contributed by atoms with Gasteiger partial charge in [-0.25, -0.2) is 0 Å². The fourth-order valence-electron chi connectivity index (χ4n) is 2.35. The number of amides is 1. The van der Waals surface area contributed by atoms with Crippen LogP contribution in [0.15, 0.2) is 22.7 Å². The van der Waals surface area contributed by atoms with E-state index in [4.69, 9.17) is 10.5 Å². The lowest BCUT2D eigenvalue weighted by molar-refractivity contribution is -0.119. The summed E-state index contributed by atoms with van der Waals surface area (Å²) in [6, 6.07) is 5.78. The Balaban J connectivity index is 1.89. The molecule has 1 heterocycles. The highest BCUT2D eigenvalue weighted by molar-refractivity contribution is 9.10. The highest BCUT2D eigenvalue weighted by Gasteiger charge is 2.24. The SMILES string of the molecule is Cc1cc(Br)ccc1NC(=O)CN1CCOC(C(C)N)C1. The van der Waals surface area contributed by atoms with Crippen LogP contribution in [0.5, 0.6) is 0 Å². The molecule has 0 spiro atoms. The van der Waals surface area contributed by atoms with Gasteiger partial charge in [0.2, 0.25) is 5.91 Å². The van der Waals surface area contributed by atoms with Crippen molar-refractivity contribution in [1.29, 1.82) is 0 Å². The van der Waals surface area contributed by atoms with E-state index in [0.29, 0.717) is 19.7 Å². The molecule has 21 heavy (non-hydrogen) atoms. The van der Waals surface area contributed by atoms with Crippen molar-refractivity contribution in [2.45, 2.75) is 26.0 Å². The molecule has 1 aromatic carbocycles. The topological polar surface area (TPSA) is 67.6 Å². The molecule has 1 aliphatic heterocycles. The number of carbonyl (C=O) groups is 1. The smallest absolute Gasteiger partial charge is 0.238 e. The van der Waals surface area contributed by atoms with Crippen molar-refractivity contribution in [2.75, 3.05) is 31.6 Å². The molecule has 0 saturated carbocycles. The van der Waals surface area contributed by atoms with Gasteiger partial charge in [0.1, 0.15) is 0 Å². The minimum atomic E-state index is -0.0235. The summed E-state index contributed by atoms with van der Waals surface area (Å²) in [5, 5.41) is 2.96. The fraction of sp³-hybridized carbons (Fsp3) is 0.533. The van der Waals surface area contributed by atoms with E-state index in [2.05, 4.69) is 26.1 Å². The summed E-state index contributed by atoms with van der Waals surface area (Å²) in [7, 11) is 0. The van der Waals surface area contributed by atoms with Crippen molar-refractivity contribution in [3.63, 3.8) is 0 Å². The number of aryl methyl sites for hydroxylation is 1. The Morgan fingerprint density at radius 1 is 1.62 bits per heavy atom. The van der Waals surface area contributed by atoms with Crippen molar-refractivity contribution >= 4 is 27.5 Å². The Kier molecular flexibility index (Phi) is 5.75. The molecular weight excluding hydrogens is 334 g/mol. The van der Waals surface area contributed by atoms with Gasteiger partial charge in [-0.2, -0.15) is 0 Å². The number of nitrogens with two attached hydrogens (primary N) is 1. The minimum absolute atomic E-state index is 0.000895. The lowest BCUT2D eigenvalue weighted by Crippen LogP contribution is -2.51. The second-order valence-electron chi connectivity index (χ2n) is 5.51. The maximum Gasteiger partial charge on any atom is 0.238 e. The second-order valence-corrected chi connectivity index (χ2v) is 6.43. The number of ether oxygens (including phenoxy) is 1. The number of carbonyl (C=O) groups excluding carboxylic acids is 1. The molecule has 2 atom stereocenters. The summed E-state index contributed by atoms with van der Waals surface area (Å²) in [6.45, 7) is 6.35. The van der Waals surface area contributed by atoms with Gasteiger partial charge in [-0.15, -0.1) is 0 Å². The Hall–Kier alpha value is -0.950. The monoisotopic (exact) mass is 355 g/mol. The Bertz CT molecular complexity index is 508. The van der Waals surface area contributed by atoms with Crippen LogP contribution >= 0.6 is 15.9 Å². The van der Waals surface area contributed by atoms with E-state index in [-0.39, 0.29) is 18.1 Å². The molecule has 5 nitrogen and oxygen atoms in total. The predicted octanol–water partition coefficient (Wildman–Crippen LogP) is 1.74. The van der Waals surface area contributed by atoms with E-state index in [1.54, 1.807) is 0 Å². The molecule has 1 fully saturated rings. The number of halogens is 1. The van der Waals surface area contributed by atoms with Crippen LogP contribution in [0, 0.1) is 6.92 Å². The van der Waals surface area contributed by atoms with Crippen molar-refractivity contribution in [1.82, 2.24) is 4.90 Å². The first kappa shape index (κ1) is 16.4. The molecular formula is C15H22BrN3O2. The van der Waals surface area contributed by atoms with Crippen LogP contribution in [0.4, 0.5) is 5.69 Å². The number of nitrogens with zero attached hydrogens (tertiary/aromatic N) is 1. The first-order chi connectivity index (χ1) is 9.95. The van der Waals surface area contributed by atoms with E-state index in [9.17, 15) is 4.79 Å². The molecule has 2 rings (SSSR count). The van der Waals surface area contributed by atoms with Gasteiger partial charge in [-0.05, 0) is 37.6 Å². The Labute approximate surface area is 134 Å². The maximum atomic E-state index is 12.2. The summed E-state index contributed by atoms with van der Waals surface area (Å²) in [4.78, 5) is 14.2. The van der Waals surface area contributed by atoms with E-state index in [0.717, 1.165) is 22.3 Å². The van der Waals surface area contributed by atoms with E-state index in [1.807, 2.05) is 32.0 Å². The zero-order valence-electron chi connectivity index (χ0n) is 12.4. The van der Waals surface area contributed by atoms with Gasteiger partial charge < -0.3 is 15.8 Å². The summed E-state index contributed by atoms with van der Waals surface area (Å²) in [5.74, 6) is -0.00857. The molecule has 3 N–H and O–H groups in total. The molecule has 6 heteroatoms. The number of morpholine rings is 1. The number of benzene rings is 1. The predicted molar refractivity (Wildman–Crippen MR) is 87.3 cm³/mol. The lowest BCUT2D eigenvalue weighted by Gasteiger charge is -2.34. The van der Waals surface area contributed by atoms with Gasteiger partial charge in [0.25, 0.3) is 0 Å². The van der Waals surface area contributed by atoms with Crippen LogP contribution < -0.4 is 11.1 Å². The average Bonchev–Trinajstić information content (AvgIpc) is 2.42. The fourth-order valence-corrected chi connectivity index (χ4v) is 2.83. The zero-order valence-corrected chi connectivity index (χ0v) is 14.0. The van der Waals surface area contributed by atoms with Gasteiger partial charge >= 0.3 is 0 Å². The van der Waals surface area contributed by atoms with Crippen molar-refractivity contribution in [3.05, 3.63) is 28.2 Å². The molecule has 0 radical (unpaired) electrons. The van der Waals surface area contributed by atoms with Crippen molar-refractivity contribution in [3.8, 4) is 0 Å². The Morgan fingerprint density at radius 2 is 2.38 bits per heavy atom. The molecule has 1 saturated heterocycles. The maximum absolute atomic E-state index is 12.2. The van der Waals surface area contributed by atoms with Crippen LogP contribution in [0.2, 0.25) is 0 Å². The quantitative estimate of drug-likeness (QED) is 0.863. The van der Waals surface area contributed by atoms with Gasteiger partial charge in [-0.3, -0.25) is 9.69 Å². The van der Waals surface area contributed by atoms with Gasteiger partial charge in [0.15, 0.2) is 0 Å². The minimum Gasteiger partial charge on any atom is -0.374 e. The number of hydrogen-bond donors (Lipinski definition) is 2. The second kappa shape index (κ2) is 7.35. The highest BCUT2D eigenvalue weighted by atomic mass is 79.9. The van der Waals surface area contributed by atoms with E-state index >= 15 is 0 Å². The number of nitrogens with one attached hydrogen (secondary N) is 1. The number of rotatable bonds is 4. The van der Waals surface area contributed by atoms with Gasteiger partial charge in [0.05, 0.1) is 19.3 Å². The van der Waals surface area contributed by atoms with Crippen molar-refractivity contribution in [2.24, 2.45) is 5.73 Å². The van der Waals surface area contributed by atoms with Crippen LogP contribution in [0.1, 0.15) is 12.5 Å². The van der Waals surface area contributed by atoms with Crippen LogP contribution in [0.3, 0.4) is 0 Å². The molecule has 0 aliphatic carbocycles. The largest absolute Gasteiger partial charge is 0.374 e. The van der Waals surface area contributed by atoms with Crippen LogP contribution in [-0.2, 0) is 9.53 Å². The van der Waals surface area contributed by atoms with E-state index in [1.165, 1.54) is 0 Å². The van der Waals surface area contributed by atoms with Crippen molar-refractivity contribution < 1.29 is 9.53 Å². The summed E-state index contributed by atoms with van der Waals surface area (Å²) >= 11 is 3.42. The summed E-state index contributed by atoms with van der Waals surface area (Å²) < 4.78 is 6.60. The zero-order chi connectivity index (χ0) is 15.4. The Morgan fingerprint density at radius 3 is 3.05 bits per heavy atom. The molecule has 2 unspecified atom stereocenters. The molecule has 1 aliphatic rings. The molecule has 116 valence electrons. The number of hydrogen-bond acceptors (Lipinski definition) is 4. The first-order valence-corrected chi connectivity index (χ1v) is 7.90. The van der Waals surface area contributed by atoms with Gasteiger partial charge in [0, 0.05) is 29.3 Å². The van der Waals surface area contributed by atoms with Crippen LogP contribution in [-0.4, -0.2) is 49.2 Å². The lowest BCUT2D eigenvalue weighted by atomic mass is 10.1. The average molecular weight is 356 g/mol. The molecule has 0 bridgehead atoms. The third-order valence-electron chi connectivity index (χ3n) is 3.59.